The summed E-state index contributed by atoms with van der Waals surface area (Å²) in [7, 11) is 0. The zero-order valence-electron chi connectivity index (χ0n) is 5.77. The summed E-state index contributed by atoms with van der Waals surface area (Å²) in [6.07, 6.45) is -2.83. The third-order valence-corrected chi connectivity index (χ3v) is 1.61. The van der Waals surface area contributed by atoms with Crippen molar-refractivity contribution in [1.29, 1.82) is 0 Å². The van der Waals surface area contributed by atoms with Crippen LogP contribution in [-0.2, 0) is 4.74 Å². The van der Waals surface area contributed by atoms with E-state index in [1.807, 2.05) is 0 Å². The van der Waals surface area contributed by atoms with Crippen LogP contribution in [0.5, 0.6) is 0 Å². The summed E-state index contributed by atoms with van der Waals surface area (Å²) >= 11 is 0. The van der Waals surface area contributed by atoms with Crippen LogP contribution in [0, 0.1) is 0 Å². The molecule has 60 valence electrons. The molecule has 10 heavy (non-hydrogen) atoms. The highest BCUT2D eigenvalue weighted by atomic mass is 16.6. The van der Waals surface area contributed by atoms with Crippen LogP contribution in [0.25, 0.3) is 0 Å². The van der Waals surface area contributed by atoms with Crippen LogP contribution in [0.4, 0.5) is 0 Å². The molecule has 1 aliphatic heterocycles. The topological polar surface area (TPSA) is 69.9 Å². The van der Waals surface area contributed by atoms with Gasteiger partial charge in [0.2, 0.25) is 0 Å². The molecule has 1 fully saturated rings. The Morgan fingerprint density at radius 1 is 1.50 bits per heavy atom. The van der Waals surface area contributed by atoms with Crippen molar-refractivity contribution in [3.63, 3.8) is 0 Å². The van der Waals surface area contributed by atoms with Crippen molar-refractivity contribution in [2.24, 2.45) is 0 Å². The second-order valence-corrected chi connectivity index (χ2v) is 2.60. The number of aliphatic hydroxyl groups excluding tert-OH is 3. The van der Waals surface area contributed by atoms with E-state index in [0.717, 1.165) is 0 Å². The molecule has 0 radical (unpaired) electrons. The van der Waals surface area contributed by atoms with E-state index in [9.17, 15) is 0 Å². The summed E-state index contributed by atoms with van der Waals surface area (Å²) in [4.78, 5) is 0. The standard InChI is InChI=1S/C6H12O4/c1-3(7)6-4(8)2-5(9)10-6/h3-9H,2H2,1H3/t3-,4+,5+,6-/m1/s1. The van der Waals surface area contributed by atoms with Crippen molar-refractivity contribution in [2.75, 3.05) is 0 Å². The molecule has 1 saturated heterocycles. The third-order valence-electron chi connectivity index (χ3n) is 1.61. The Labute approximate surface area is 59.1 Å². The van der Waals surface area contributed by atoms with E-state index in [4.69, 9.17) is 20.1 Å². The van der Waals surface area contributed by atoms with Crippen LogP contribution in [-0.4, -0.2) is 39.9 Å². The molecule has 0 spiro atoms. The van der Waals surface area contributed by atoms with Crippen LogP contribution in [0.2, 0.25) is 0 Å². The zero-order chi connectivity index (χ0) is 7.72. The van der Waals surface area contributed by atoms with Crippen LogP contribution in [0.1, 0.15) is 13.3 Å². The summed E-state index contributed by atoms with van der Waals surface area (Å²) in [5, 5.41) is 26.9. The van der Waals surface area contributed by atoms with E-state index in [2.05, 4.69) is 0 Å². The van der Waals surface area contributed by atoms with Crippen LogP contribution >= 0.6 is 0 Å². The fourth-order valence-corrected chi connectivity index (χ4v) is 1.10. The molecular weight excluding hydrogens is 136 g/mol. The van der Waals surface area contributed by atoms with Gasteiger partial charge in [-0.1, -0.05) is 0 Å². The number of rotatable bonds is 1. The molecular formula is C6H12O4. The van der Waals surface area contributed by atoms with Gasteiger partial charge in [0.25, 0.3) is 0 Å². The Hall–Kier alpha value is -0.160. The maximum Gasteiger partial charge on any atom is 0.157 e. The minimum Gasteiger partial charge on any atom is -0.391 e. The van der Waals surface area contributed by atoms with Gasteiger partial charge < -0.3 is 20.1 Å². The smallest absolute Gasteiger partial charge is 0.157 e. The van der Waals surface area contributed by atoms with E-state index in [1.165, 1.54) is 6.92 Å². The Bertz CT molecular complexity index is 114. The minimum atomic E-state index is -0.922. The van der Waals surface area contributed by atoms with Crippen LogP contribution in [0.3, 0.4) is 0 Å². The van der Waals surface area contributed by atoms with E-state index < -0.39 is 24.6 Å². The third kappa shape index (κ3) is 1.46. The Morgan fingerprint density at radius 2 is 2.10 bits per heavy atom. The molecule has 4 heteroatoms. The molecule has 0 aromatic carbocycles. The van der Waals surface area contributed by atoms with E-state index in [-0.39, 0.29) is 6.42 Å². The van der Waals surface area contributed by atoms with Crippen molar-refractivity contribution < 1.29 is 20.1 Å². The molecule has 1 aliphatic rings. The molecule has 4 atom stereocenters. The summed E-state index contributed by atoms with van der Waals surface area (Å²) in [6.45, 7) is 1.52. The lowest BCUT2D eigenvalue weighted by Crippen LogP contribution is -2.32. The maximum absolute atomic E-state index is 9.08. The van der Waals surface area contributed by atoms with Gasteiger partial charge in [-0.15, -0.1) is 0 Å². The molecule has 0 aliphatic carbocycles. The molecule has 0 bridgehead atoms. The average Bonchev–Trinajstić information content (AvgIpc) is 2.10. The summed E-state index contributed by atoms with van der Waals surface area (Å²) in [5.41, 5.74) is 0. The quantitative estimate of drug-likeness (QED) is 0.438. The summed E-state index contributed by atoms with van der Waals surface area (Å²) in [6, 6.07) is 0. The van der Waals surface area contributed by atoms with Gasteiger partial charge in [0, 0.05) is 6.42 Å². The largest absolute Gasteiger partial charge is 0.391 e. The van der Waals surface area contributed by atoms with Crippen molar-refractivity contribution in [1.82, 2.24) is 0 Å². The second kappa shape index (κ2) is 2.84. The molecule has 1 rings (SSSR count). The van der Waals surface area contributed by atoms with Gasteiger partial charge in [-0.25, -0.2) is 0 Å². The van der Waals surface area contributed by atoms with Gasteiger partial charge >= 0.3 is 0 Å². The van der Waals surface area contributed by atoms with Crippen LogP contribution in [0.15, 0.2) is 0 Å². The number of aliphatic hydroxyl groups is 3. The molecule has 0 unspecified atom stereocenters. The Morgan fingerprint density at radius 3 is 2.30 bits per heavy atom. The molecule has 0 amide bonds. The first-order valence-electron chi connectivity index (χ1n) is 3.31. The predicted octanol–water partition coefficient (Wildman–Crippen LogP) is -1.16. The number of hydrogen-bond acceptors (Lipinski definition) is 4. The number of hydrogen-bond donors (Lipinski definition) is 3. The maximum atomic E-state index is 9.08. The van der Waals surface area contributed by atoms with Crippen molar-refractivity contribution >= 4 is 0 Å². The van der Waals surface area contributed by atoms with Gasteiger partial charge in [0.1, 0.15) is 6.10 Å². The average molecular weight is 148 g/mol. The zero-order valence-corrected chi connectivity index (χ0v) is 5.77. The van der Waals surface area contributed by atoms with E-state index in [1.54, 1.807) is 0 Å². The van der Waals surface area contributed by atoms with Gasteiger partial charge in [-0.2, -0.15) is 0 Å². The van der Waals surface area contributed by atoms with Crippen molar-refractivity contribution in [3.05, 3.63) is 0 Å². The SMILES string of the molecule is C[C@@H](O)[C@H]1O[C@H](O)C[C@@H]1O. The Kier molecular flexibility index (Phi) is 2.25. The van der Waals surface area contributed by atoms with Gasteiger partial charge in [0.05, 0.1) is 12.2 Å². The first-order valence-corrected chi connectivity index (χ1v) is 3.31. The lowest BCUT2D eigenvalue weighted by atomic mass is 10.1. The normalized spacial score (nSPS) is 43.8. The second-order valence-electron chi connectivity index (χ2n) is 2.60. The fraction of sp³-hybridized carbons (Fsp3) is 1.00. The lowest BCUT2D eigenvalue weighted by Gasteiger charge is -2.15. The molecule has 1 heterocycles. The highest BCUT2D eigenvalue weighted by molar-refractivity contribution is 4.80. The van der Waals surface area contributed by atoms with E-state index in [0.29, 0.717) is 0 Å². The lowest BCUT2D eigenvalue weighted by molar-refractivity contribution is -0.125. The monoisotopic (exact) mass is 148 g/mol. The summed E-state index contributed by atoms with van der Waals surface area (Å²) < 4.78 is 4.79. The first kappa shape index (κ1) is 7.94. The molecule has 3 N–H and O–H groups in total. The van der Waals surface area contributed by atoms with Gasteiger partial charge in [-0.3, -0.25) is 0 Å². The Balaban J connectivity index is 2.46. The first-order chi connectivity index (χ1) is 4.61. The molecule has 0 aromatic heterocycles. The highest BCUT2D eigenvalue weighted by Crippen LogP contribution is 2.20. The summed E-state index contributed by atoms with van der Waals surface area (Å²) in [5.74, 6) is 0. The van der Waals surface area contributed by atoms with Gasteiger partial charge in [-0.05, 0) is 6.92 Å². The van der Waals surface area contributed by atoms with Crippen molar-refractivity contribution in [3.8, 4) is 0 Å². The van der Waals surface area contributed by atoms with Crippen LogP contribution < -0.4 is 0 Å². The van der Waals surface area contributed by atoms with Gasteiger partial charge in [0.15, 0.2) is 6.29 Å². The van der Waals surface area contributed by atoms with E-state index >= 15 is 0 Å². The molecule has 4 nitrogen and oxygen atoms in total. The predicted molar refractivity (Wildman–Crippen MR) is 33.2 cm³/mol. The van der Waals surface area contributed by atoms with Crippen molar-refractivity contribution in [2.45, 2.75) is 37.9 Å². The minimum absolute atomic E-state index is 0.190. The molecule has 0 aromatic rings. The fourth-order valence-electron chi connectivity index (χ4n) is 1.10. The number of ether oxygens (including phenoxy) is 1. The highest BCUT2D eigenvalue weighted by Gasteiger charge is 2.35. The molecule has 0 saturated carbocycles.